The lowest BCUT2D eigenvalue weighted by atomic mass is 9.85. The van der Waals surface area contributed by atoms with Crippen LogP contribution in [0.3, 0.4) is 0 Å². The van der Waals surface area contributed by atoms with Gasteiger partial charge in [0.2, 0.25) is 0 Å². The molecule has 0 N–H and O–H groups in total. The normalized spacial score (nSPS) is 12.1. The molecule has 0 amide bonds. The molecule has 1 heterocycles. The van der Waals surface area contributed by atoms with Gasteiger partial charge in [-0.1, -0.05) is 0 Å². The Morgan fingerprint density at radius 3 is 2.00 bits per heavy atom. The molecule has 0 saturated heterocycles. The Hall–Kier alpha value is -1.01. The summed E-state index contributed by atoms with van der Waals surface area (Å²) >= 11 is 0. The van der Waals surface area contributed by atoms with Gasteiger partial charge in [-0.3, -0.25) is 0 Å². The number of halogens is 3. The van der Waals surface area contributed by atoms with E-state index >= 15 is 0 Å². The van der Waals surface area contributed by atoms with Gasteiger partial charge in [-0.05, 0) is 6.92 Å². The zero-order chi connectivity index (χ0) is 8.65. The lowest BCUT2D eigenvalue weighted by molar-refractivity contribution is 0.496. The highest BCUT2D eigenvalue weighted by Gasteiger charge is 2.31. The number of rotatable bonds is 1. The van der Waals surface area contributed by atoms with E-state index in [0.29, 0.717) is 0 Å². The molecule has 0 aliphatic carbocycles. The predicted octanol–water partition coefficient (Wildman–Crippen LogP) is 0.178. The highest BCUT2D eigenvalue weighted by atomic mass is 19.4. The van der Waals surface area contributed by atoms with Crippen LogP contribution < -0.4 is 5.59 Å². The molecule has 0 radical (unpaired) electrons. The molecule has 11 heavy (non-hydrogen) atoms. The van der Waals surface area contributed by atoms with Gasteiger partial charge < -0.3 is 12.9 Å². The van der Waals surface area contributed by atoms with E-state index in [-0.39, 0.29) is 5.69 Å². The summed E-state index contributed by atoms with van der Waals surface area (Å²) in [5.41, 5.74) is -0.924. The van der Waals surface area contributed by atoms with E-state index in [4.69, 9.17) is 0 Å². The SMILES string of the molecule is Cc1nn(C)nc1[B-](F)(F)F. The Morgan fingerprint density at radius 1 is 1.27 bits per heavy atom. The van der Waals surface area contributed by atoms with Gasteiger partial charge in [0.15, 0.2) is 0 Å². The van der Waals surface area contributed by atoms with Gasteiger partial charge in [0.25, 0.3) is 0 Å². The summed E-state index contributed by atoms with van der Waals surface area (Å²) in [4.78, 5) is 0.917. The molecule has 0 aromatic carbocycles. The summed E-state index contributed by atoms with van der Waals surface area (Å²) in [6.45, 7) is -3.71. The second kappa shape index (κ2) is 2.25. The van der Waals surface area contributed by atoms with Crippen LogP contribution in [0.5, 0.6) is 0 Å². The summed E-state index contributed by atoms with van der Waals surface area (Å²) in [7, 11) is 1.36. The predicted molar refractivity (Wildman–Crippen MR) is 34.5 cm³/mol. The molecule has 0 aliphatic heterocycles. The van der Waals surface area contributed by atoms with Crippen LogP contribution in [-0.4, -0.2) is 22.0 Å². The molecule has 1 rings (SSSR count). The number of hydrogen-bond acceptors (Lipinski definition) is 2. The van der Waals surface area contributed by atoms with E-state index in [1.807, 2.05) is 0 Å². The number of aryl methyl sites for hydroxylation is 2. The Labute approximate surface area is 61.3 Å². The minimum atomic E-state index is -5.00. The van der Waals surface area contributed by atoms with Crippen molar-refractivity contribution in [3.63, 3.8) is 0 Å². The number of aromatic nitrogens is 3. The molecule has 0 bridgehead atoms. The van der Waals surface area contributed by atoms with Crippen LogP contribution in [0.25, 0.3) is 0 Å². The molecule has 0 spiro atoms. The van der Waals surface area contributed by atoms with E-state index < -0.39 is 12.6 Å². The van der Waals surface area contributed by atoms with Crippen LogP contribution in [-0.2, 0) is 7.05 Å². The third-order valence-corrected chi connectivity index (χ3v) is 1.23. The van der Waals surface area contributed by atoms with Gasteiger partial charge >= 0.3 is 6.98 Å². The van der Waals surface area contributed by atoms with Crippen LogP contribution in [0, 0.1) is 6.92 Å². The molecule has 0 aliphatic rings. The molecular formula is C4H6BF3N3-. The van der Waals surface area contributed by atoms with Crippen molar-refractivity contribution in [3.8, 4) is 0 Å². The molecule has 3 nitrogen and oxygen atoms in total. The van der Waals surface area contributed by atoms with Crippen molar-refractivity contribution in [2.24, 2.45) is 7.05 Å². The highest BCUT2D eigenvalue weighted by molar-refractivity contribution is 6.73. The molecule has 1 aromatic heterocycles. The van der Waals surface area contributed by atoms with Crippen molar-refractivity contribution in [2.75, 3.05) is 0 Å². The smallest absolute Gasteiger partial charge is 0.444 e. The van der Waals surface area contributed by atoms with E-state index in [1.165, 1.54) is 14.0 Å². The molecular weight excluding hydrogens is 158 g/mol. The lowest BCUT2D eigenvalue weighted by Crippen LogP contribution is -2.37. The Kier molecular flexibility index (Phi) is 1.65. The second-order valence-corrected chi connectivity index (χ2v) is 2.23. The maximum atomic E-state index is 12.0. The number of hydrogen-bond donors (Lipinski definition) is 0. The van der Waals surface area contributed by atoms with Crippen molar-refractivity contribution < 1.29 is 12.9 Å². The molecule has 62 valence electrons. The first-order chi connectivity index (χ1) is 4.91. The Bertz CT molecular complexity index is 266. The summed E-state index contributed by atoms with van der Waals surface area (Å²) < 4.78 is 36.0. The highest BCUT2D eigenvalue weighted by Crippen LogP contribution is 2.07. The van der Waals surface area contributed by atoms with Gasteiger partial charge in [-0.15, -0.1) is 0 Å². The first kappa shape index (κ1) is 8.09. The first-order valence-electron chi connectivity index (χ1n) is 2.99. The molecule has 0 atom stereocenters. The van der Waals surface area contributed by atoms with Crippen molar-refractivity contribution in [2.45, 2.75) is 6.92 Å². The maximum Gasteiger partial charge on any atom is 0.531 e. The zero-order valence-corrected chi connectivity index (χ0v) is 6.05. The minimum absolute atomic E-state index is 0.0694. The van der Waals surface area contributed by atoms with Crippen LogP contribution in [0.1, 0.15) is 5.69 Å². The summed E-state index contributed by atoms with van der Waals surface area (Å²) in [5, 5.41) is 6.67. The van der Waals surface area contributed by atoms with Gasteiger partial charge in [-0.2, -0.15) is 15.0 Å². The largest absolute Gasteiger partial charge is 0.531 e. The van der Waals surface area contributed by atoms with Gasteiger partial charge in [0.05, 0.1) is 5.69 Å². The fourth-order valence-electron chi connectivity index (χ4n) is 0.821. The summed E-state index contributed by atoms with van der Waals surface area (Å²) in [6.07, 6.45) is 0. The first-order valence-corrected chi connectivity index (χ1v) is 2.99. The van der Waals surface area contributed by atoms with E-state index in [1.54, 1.807) is 0 Å². The average Bonchev–Trinajstić information content (AvgIpc) is 2.08. The van der Waals surface area contributed by atoms with Gasteiger partial charge in [0, 0.05) is 12.6 Å². The molecule has 7 heteroatoms. The van der Waals surface area contributed by atoms with Crippen molar-refractivity contribution in [3.05, 3.63) is 5.69 Å². The van der Waals surface area contributed by atoms with E-state index in [0.717, 1.165) is 4.80 Å². The molecule has 0 fully saturated rings. The van der Waals surface area contributed by atoms with Gasteiger partial charge in [0.1, 0.15) is 0 Å². The fourth-order valence-corrected chi connectivity index (χ4v) is 0.821. The third-order valence-electron chi connectivity index (χ3n) is 1.23. The quantitative estimate of drug-likeness (QED) is 0.554. The minimum Gasteiger partial charge on any atom is -0.444 e. The van der Waals surface area contributed by atoms with E-state index in [2.05, 4.69) is 10.2 Å². The maximum absolute atomic E-state index is 12.0. The van der Waals surface area contributed by atoms with Gasteiger partial charge in [-0.25, -0.2) is 0 Å². The van der Waals surface area contributed by atoms with Crippen LogP contribution in [0.4, 0.5) is 12.9 Å². The van der Waals surface area contributed by atoms with Crippen molar-refractivity contribution >= 4 is 12.6 Å². The zero-order valence-electron chi connectivity index (χ0n) is 6.05. The topological polar surface area (TPSA) is 30.7 Å². The fraction of sp³-hybridized carbons (Fsp3) is 0.500. The third kappa shape index (κ3) is 1.52. The van der Waals surface area contributed by atoms with Crippen LogP contribution in [0.15, 0.2) is 0 Å². The van der Waals surface area contributed by atoms with Crippen LogP contribution >= 0.6 is 0 Å². The Morgan fingerprint density at radius 2 is 1.82 bits per heavy atom. The van der Waals surface area contributed by atoms with Crippen LogP contribution in [0.2, 0.25) is 0 Å². The van der Waals surface area contributed by atoms with Crippen molar-refractivity contribution in [1.29, 1.82) is 0 Å². The van der Waals surface area contributed by atoms with Crippen molar-refractivity contribution in [1.82, 2.24) is 15.0 Å². The summed E-state index contributed by atoms with van der Waals surface area (Å²) in [6, 6.07) is 0. The molecule has 0 unspecified atom stereocenters. The Balaban J connectivity index is 3.13. The lowest BCUT2D eigenvalue weighted by Gasteiger charge is -2.09. The summed E-state index contributed by atoms with van der Waals surface area (Å²) in [5.74, 6) is 0. The standard InChI is InChI=1S/C4H6BF3N3/c1-3-4(5(6,7)8)10-11(2)9-3/h1-2H3/q-1. The van der Waals surface area contributed by atoms with E-state index in [9.17, 15) is 12.9 Å². The number of nitrogens with zero attached hydrogens (tertiary/aromatic N) is 3. The average molecular weight is 164 g/mol. The molecule has 1 aromatic rings. The molecule has 0 saturated carbocycles. The monoisotopic (exact) mass is 164 g/mol. The second-order valence-electron chi connectivity index (χ2n) is 2.23.